The molecule has 0 aromatic heterocycles. The first-order valence-corrected chi connectivity index (χ1v) is 6.98. The van der Waals surface area contributed by atoms with Crippen molar-refractivity contribution in [1.29, 1.82) is 0 Å². The molecule has 2 aliphatic rings. The predicted octanol–water partition coefficient (Wildman–Crippen LogP) is 0.811. The van der Waals surface area contributed by atoms with Crippen LogP contribution in [0.5, 0.6) is 0 Å². The Labute approximate surface area is 104 Å². The SMILES string of the molecule is CC(C(=O)N1CCCC1)N1CCCCC1CN. The highest BCUT2D eigenvalue weighted by Gasteiger charge is 2.32. The molecule has 98 valence electrons. The maximum Gasteiger partial charge on any atom is 0.239 e. The molecule has 0 radical (unpaired) electrons. The second kappa shape index (κ2) is 5.83. The van der Waals surface area contributed by atoms with Crippen LogP contribution in [0.3, 0.4) is 0 Å². The van der Waals surface area contributed by atoms with E-state index in [0.29, 0.717) is 18.5 Å². The Hall–Kier alpha value is -0.610. The van der Waals surface area contributed by atoms with E-state index in [0.717, 1.165) is 26.1 Å². The zero-order valence-electron chi connectivity index (χ0n) is 10.9. The Bertz CT molecular complexity index is 263. The van der Waals surface area contributed by atoms with E-state index < -0.39 is 0 Å². The molecule has 0 saturated carbocycles. The van der Waals surface area contributed by atoms with Crippen molar-refractivity contribution in [3.63, 3.8) is 0 Å². The van der Waals surface area contributed by atoms with Gasteiger partial charge in [-0.1, -0.05) is 6.42 Å². The van der Waals surface area contributed by atoms with Gasteiger partial charge < -0.3 is 10.6 Å². The van der Waals surface area contributed by atoms with E-state index in [-0.39, 0.29) is 6.04 Å². The molecule has 2 aliphatic heterocycles. The number of carbonyl (C=O) groups is 1. The van der Waals surface area contributed by atoms with Crippen molar-refractivity contribution in [3.8, 4) is 0 Å². The minimum Gasteiger partial charge on any atom is -0.341 e. The number of likely N-dealkylation sites (tertiary alicyclic amines) is 2. The van der Waals surface area contributed by atoms with E-state index in [9.17, 15) is 4.79 Å². The number of hydrogen-bond donors (Lipinski definition) is 1. The summed E-state index contributed by atoms with van der Waals surface area (Å²) in [5.74, 6) is 0.308. The second-order valence-corrected chi connectivity index (χ2v) is 5.33. The van der Waals surface area contributed by atoms with Crippen molar-refractivity contribution in [1.82, 2.24) is 9.80 Å². The zero-order chi connectivity index (χ0) is 12.3. The Balaban J connectivity index is 1.96. The van der Waals surface area contributed by atoms with Crippen LogP contribution >= 0.6 is 0 Å². The summed E-state index contributed by atoms with van der Waals surface area (Å²) in [4.78, 5) is 16.7. The van der Waals surface area contributed by atoms with Crippen molar-refractivity contribution >= 4 is 5.91 Å². The lowest BCUT2D eigenvalue weighted by Crippen LogP contribution is -2.54. The van der Waals surface area contributed by atoms with Crippen LogP contribution in [-0.4, -0.2) is 54.0 Å². The summed E-state index contributed by atoms with van der Waals surface area (Å²) in [7, 11) is 0. The highest BCUT2D eigenvalue weighted by molar-refractivity contribution is 5.81. The molecule has 2 atom stereocenters. The van der Waals surface area contributed by atoms with Crippen LogP contribution in [0, 0.1) is 0 Å². The third-order valence-electron chi connectivity index (χ3n) is 4.22. The van der Waals surface area contributed by atoms with E-state index in [1.807, 2.05) is 4.90 Å². The number of rotatable bonds is 3. The van der Waals surface area contributed by atoms with Gasteiger partial charge in [-0.25, -0.2) is 0 Å². The van der Waals surface area contributed by atoms with Gasteiger partial charge in [-0.2, -0.15) is 0 Å². The lowest BCUT2D eigenvalue weighted by molar-refractivity contribution is -0.136. The quantitative estimate of drug-likeness (QED) is 0.793. The van der Waals surface area contributed by atoms with Gasteiger partial charge >= 0.3 is 0 Å². The first kappa shape index (κ1) is 12.8. The molecule has 1 amide bonds. The van der Waals surface area contributed by atoms with Crippen LogP contribution in [0.25, 0.3) is 0 Å². The van der Waals surface area contributed by atoms with Gasteiger partial charge in [0.05, 0.1) is 6.04 Å². The van der Waals surface area contributed by atoms with Crippen LogP contribution < -0.4 is 5.73 Å². The summed E-state index contributed by atoms with van der Waals surface area (Å²) in [5.41, 5.74) is 5.82. The molecule has 17 heavy (non-hydrogen) atoms. The number of carbonyl (C=O) groups excluding carboxylic acids is 1. The molecule has 4 heteroatoms. The monoisotopic (exact) mass is 239 g/mol. The molecule has 0 aliphatic carbocycles. The summed E-state index contributed by atoms with van der Waals surface area (Å²) < 4.78 is 0. The summed E-state index contributed by atoms with van der Waals surface area (Å²) in [5, 5.41) is 0. The summed E-state index contributed by atoms with van der Waals surface area (Å²) in [6, 6.07) is 0.423. The van der Waals surface area contributed by atoms with E-state index >= 15 is 0 Å². The zero-order valence-corrected chi connectivity index (χ0v) is 10.9. The fraction of sp³-hybridized carbons (Fsp3) is 0.923. The molecule has 2 heterocycles. The third-order valence-corrected chi connectivity index (χ3v) is 4.22. The van der Waals surface area contributed by atoms with Crippen LogP contribution in [0.4, 0.5) is 0 Å². The van der Waals surface area contributed by atoms with Gasteiger partial charge in [0.15, 0.2) is 0 Å². The maximum absolute atomic E-state index is 12.3. The van der Waals surface area contributed by atoms with Crippen LogP contribution in [-0.2, 0) is 4.79 Å². The normalized spacial score (nSPS) is 28.4. The number of nitrogens with two attached hydrogens (primary N) is 1. The Morgan fingerprint density at radius 3 is 2.53 bits per heavy atom. The lowest BCUT2D eigenvalue weighted by Gasteiger charge is -2.39. The standard InChI is InChI=1S/C13H25N3O/c1-11(13(17)15-7-4-5-8-15)16-9-3-2-6-12(16)10-14/h11-12H,2-10,14H2,1H3. The average molecular weight is 239 g/mol. The molecule has 2 saturated heterocycles. The van der Waals surface area contributed by atoms with Gasteiger partial charge in [0.1, 0.15) is 0 Å². The third kappa shape index (κ3) is 2.80. The molecular formula is C13H25N3O. The van der Waals surface area contributed by atoms with Crippen LogP contribution in [0.2, 0.25) is 0 Å². The predicted molar refractivity (Wildman–Crippen MR) is 68.7 cm³/mol. The minimum absolute atomic E-state index is 0.0157. The highest BCUT2D eigenvalue weighted by atomic mass is 16.2. The van der Waals surface area contributed by atoms with Crippen LogP contribution in [0.15, 0.2) is 0 Å². The van der Waals surface area contributed by atoms with E-state index in [2.05, 4.69) is 11.8 Å². The molecule has 2 unspecified atom stereocenters. The van der Waals surface area contributed by atoms with Gasteiger partial charge in [-0.05, 0) is 39.2 Å². The van der Waals surface area contributed by atoms with Crippen molar-refractivity contribution in [2.45, 2.75) is 51.1 Å². The van der Waals surface area contributed by atoms with E-state index in [1.54, 1.807) is 0 Å². The number of piperidine rings is 1. The molecule has 0 aromatic rings. The molecular weight excluding hydrogens is 214 g/mol. The summed E-state index contributed by atoms with van der Waals surface area (Å²) in [6.45, 7) is 5.66. The van der Waals surface area contributed by atoms with Crippen molar-refractivity contribution in [2.75, 3.05) is 26.2 Å². The van der Waals surface area contributed by atoms with Crippen molar-refractivity contribution in [2.24, 2.45) is 5.73 Å². The largest absolute Gasteiger partial charge is 0.341 e. The van der Waals surface area contributed by atoms with Gasteiger partial charge in [0.2, 0.25) is 5.91 Å². The van der Waals surface area contributed by atoms with Gasteiger partial charge in [0, 0.05) is 25.7 Å². The highest BCUT2D eigenvalue weighted by Crippen LogP contribution is 2.21. The van der Waals surface area contributed by atoms with E-state index in [4.69, 9.17) is 5.73 Å². The van der Waals surface area contributed by atoms with Gasteiger partial charge in [-0.15, -0.1) is 0 Å². The fourth-order valence-electron chi connectivity index (χ4n) is 3.13. The van der Waals surface area contributed by atoms with Crippen molar-refractivity contribution < 1.29 is 4.79 Å². The number of nitrogens with zero attached hydrogens (tertiary/aromatic N) is 2. The maximum atomic E-state index is 12.3. The molecule has 2 fully saturated rings. The minimum atomic E-state index is 0.0157. The second-order valence-electron chi connectivity index (χ2n) is 5.33. The van der Waals surface area contributed by atoms with Crippen LogP contribution in [0.1, 0.15) is 39.0 Å². The number of amides is 1. The average Bonchev–Trinajstić information content (AvgIpc) is 2.90. The van der Waals surface area contributed by atoms with Crippen molar-refractivity contribution in [3.05, 3.63) is 0 Å². The smallest absolute Gasteiger partial charge is 0.239 e. The Morgan fingerprint density at radius 2 is 1.88 bits per heavy atom. The lowest BCUT2D eigenvalue weighted by atomic mass is 10.00. The summed E-state index contributed by atoms with van der Waals surface area (Å²) >= 11 is 0. The molecule has 2 N–H and O–H groups in total. The first-order chi connectivity index (χ1) is 8.24. The molecule has 0 spiro atoms. The fourth-order valence-corrected chi connectivity index (χ4v) is 3.13. The summed E-state index contributed by atoms with van der Waals surface area (Å²) in [6.07, 6.45) is 5.93. The topological polar surface area (TPSA) is 49.6 Å². The van der Waals surface area contributed by atoms with Gasteiger partial charge in [-0.3, -0.25) is 9.69 Å². The number of hydrogen-bond acceptors (Lipinski definition) is 3. The Kier molecular flexibility index (Phi) is 4.40. The molecule has 0 bridgehead atoms. The first-order valence-electron chi connectivity index (χ1n) is 6.98. The molecule has 2 rings (SSSR count). The molecule has 0 aromatic carbocycles. The Morgan fingerprint density at radius 1 is 1.24 bits per heavy atom. The van der Waals surface area contributed by atoms with E-state index in [1.165, 1.54) is 25.7 Å². The molecule has 4 nitrogen and oxygen atoms in total. The van der Waals surface area contributed by atoms with Gasteiger partial charge in [0.25, 0.3) is 0 Å².